The van der Waals surface area contributed by atoms with Gasteiger partial charge in [0.15, 0.2) is 0 Å². The van der Waals surface area contributed by atoms with Gasteiger partial charge < -0.3 is 0 Å². The molecule has 0 atom stereocenters. The highest BCUT2D eigenvalue weighted by molar-refractivity contribution is 7.69. The average molecular weight is 557 g/mol. The van der Waals surface area contributed by atoms with Gasteiger partial charge in [0.25, 0.3) is 0 Å². The fourth-order valence-corrected chi connectivity index (χ4v) is 15.1. The molecule has 0 aromatic heterocycles. The molecule has 0 bridgehead atoms. The molecule has 2 nitrogen and oxygen atoms in total. The fraction of sp³-hybridized carbons (Fsp3) is 0.194. The smallest absolute Gasteiger partial charge is 0.185 e. The third-order valence-electron chi connectivity index (χ3n) is 5.86. The Morgan fingerprint density at radius 1 is 0.405 bits per heavy atom. The molecule has 0 saturated heterocycles. The van der Waals surface area contributed by atoms with Gasteiger partial charge in [0, 0.05) is 21.2 Å². The molecule has 0 N–H and O–H groups in total. The maximum absolute atomic E-state index is 4.18. The zero-order valence-corrected chi connectivity index (χ0v) is 26.6. The first-order valence-corrected chi connectivity index (χ1v) is 22.3. The van der Waals surface area contributed by atoms with E-state index < -0.39 is 32.6 Å². The van der Waals surface area contributed by atoms with Crippen molar-refractivity contribution in [3.05, 3.63) is 121 Å². The van der Waals surface area contributed by atoms with E-state index in [9.17, 15) is 0 Å². The minimum absolute atomic E-state index is 0.770. The van der Waals surface area contributed by atoms with Gasteiger partial charge in [-0.2, -0.15) is 8.02 Å². The van der Waals surface area contributed by atoms with Crippen molar-refractivity contribution in [1.29, 1.82) is 0 Å². The summed E-state index contributed by atoms with van der Waals surface area (Å²) in [4.78, 5) is 0. The summed E-state index contributed by atoms with van der Waals surface area (Å²) in [5.74, 6) is 0. The van der Waals surface area contributed by atoms with Crippen LogP contribution in [0.15, 0.2) is 121 Å². The third kappa shape index (κ3) is 6.91. The first kappa shape index (κ1) is 27.6. The SMILES string of the molecule is C[Si](C)(C)[N+](=C=[N+](P(c1ccccc1)c1ccccc1)[Si](C)(C)C)P(c1ccccc1)c1ccccc1. The van der Waals surface area contributed by atoms with Crippen molar-refractivity contribution in [2.24, 2.45) is 0 Å². The highest BCUT2D eigenvalue weighted by Crippen LogP contribution is 2.40. The Balaban J connectivity index is 2.11. The molecule has 37 heavy (non-hydrogen) atoms. The molecule has 0 aliphatic heterocycles. The van der Waals surface area contributed by atoms with E-state index in [4.69, 9.17) is 0 Å². The standard InChI is InChI=1S/C31H38N2P2Si2/c1-36(2,3)32(34(28-19-11-7-12-20-28)29-21-13-8-14-22-29)27-33(37(4,5)6)35(30-23-15-9-16-24-30)31-25-17-10-18-26-31/h7-26H,1-6H3/q+2. The molecule has 0 unspecified atom stereocenters. The zero-order valence-electron chi connectivity index (χ0n) is 22.8. The van der Waals surface area contributed by atoms with Crippen LogP contribution in [-0.2, 0) is 0 Å². The minimum Gasteiger partial charge on any atom is -0.185 e. The molecule has 188 valence electrons. The maximum Gasteiger partial charge on any atom is 0.432 e. The van der Waals surface area contributed by atoms with Crippen molar-refractivity contribution in [2.45, 2.75) is 39.3 Å². The zero-order chi connectivity index (χ0) is 26.5. The number of hydrogen-bond donors (Lipinski definition) is 0. The van der Waals surface area contributed by atoms with Gasteiger partial charge in [-0.05, 0) is 87.8 Å². The van der Waals surface area contributed by atoms with Gasteiger partial charge in [0.05, 0.1) is 0 Å². The minimum atomic E-state index is -1.86. The van der Waals surface area contributed by atoms with Crippen molar-refractivity contribution in [1.82, 2.24) is 0 Å². The van der Waals surface area contributed by atoms with E-state index in [0.29, 0.717) is 0 Å². The molecule has 0 aliphatic carbocycles. The second kappa shape index (κ2) is 11.9. The van der Waals surface area contributed by atoms with Crippen LogP contribution in [0.4, 0.5) is 0 Å². The van der Waals surface area contributed by atoms with Crippen LogP contribution in [0, 0.1) is 0 Å². The topological polar surface area (TPSA) is 6.02 Å². The summed E-state index contributed by atoms with van der Waals surface area (Å²) >= 11 is 0. The Morgan fingerprint density at radius 2 is 0.622 bits per heavy atom. The monoisotopic (exact) mass is 556 g/mol. The summed E-state index contributed by atoms with van der Waals surface area (Å²) in [5.41, 5.74) is 0. The summed E-state index contributed by atoms with van der Waals surface area (Å²) in [7, 11) is -5.26. The quantitative estimate of drug-likeness (QED) is 0.126. The van der Waals surface area contributed by atoms with E-state index in [1.165, 1.54) is 21.2 Å². The Labute approximate surface area is 227 Å². The number of benzene rings is 4. The molecule has 0 heterocycles. The molecule has 0 fully saturated rings. The van der Waals surface area contributed by atoms with Crippen LogP contribution in [0.2, 0.25) is 39.3 Å². The first-order valence-electron chi connectivity index (χ1n) is 12.8. The summed E-state index contributed by atoms with van der Waals surface area (Å²) in [6.45, 7) is 14.7. The van der Waals surface area contributed by atoms with Gasteiger partial charge in [0.2, 0.25) is 16.1 Å². The Kier molecular flexibility index (Phi) is 8.91. The Hall–Kier alpha value is -2.45. The maximum atomic E-state index is 4.18. The number of rotatable bonds is 8. The third-order valence-corrected chi connectivity index (χ3v) is 17.5. The molecular weight excluding hydrogens is 518 g/mol. The van der Waals surface area contributed by atoms with Crippen molar-refractivity contribution in [2.75, 3.05) is 0 Å². The molecule has 0 aliphatic rings. The van der Waals surface area contributed by atoms with Crippen LogP contribution in [-0.4, -0.2) is 30.5 Å². The lowest BCUT2D eigenvalue weighted by Gasteiger charge is -2.23. The van der Waals surface area contributed by atoms with Crippen LogP contribution in [0.25, 0.3) is 0 Å². The van der Waals surface area contributed by atoms with Crippen LogP contribution in [0.3, 0.4) is 0 Å². The molecule has 4 rings (SSSR count). The molecule has 0 amide bonds. The summed E-state index contributed by atoms with van der Waals surface area (Å²) in [6.07, 6.45) is 0. The molecule has 4 aromatic carbocycles. The largest absolute Gasteiger partial charge is 0.432 e. The summed E-state index contributed by atoms with van der Waals surface area (Å²) in [5, 5.41) is 5.49. The lowest BCUT2D eigenvalue weighted by atomic mass is 10.4. The van der Waals surface area contributed by atoms with Gasteiger partial charge in [-0.25, -0.2) is 0 Å². The molecule has 0 radical (unpaired) electrons. The van der Waals surface area contributed by atoms with Gasteiger partial charge in [-0.3, -0.25) is 0 Å². The fourth-order valence-electron chi connectivity index (χ4n) is 4.12. The normalized spacial score (nSPS) is 11.9. The van der Waals surface area contributed by atoms with Crippen LogP contribution >= 0.6 is 16.1 Å². The van der Waals surface area contributed by atoms with Gasteiger partial charge in [-0.15, -0.1) is 0 Å². The van der Waals surface area contributed by atoms with Crippen LogP contribution in [0.5, 0.6) is 0 Å². The van der Waals surface area contributed by atoms with E-state index in [1.807, 2.05) is 0 Å². The summed E-state index contributed by atoms with van der Waals surface area (Å²) in [6, 6.07) is 48.4. The van der Waals surface area contributed by atoms with Crippen LogP contribution < -0.4 is 21.2 Å². The predicted octanol–water partition coefficient (Wildman–Crippen LogP) is 6.95. The van der Waals surface area contributed by atoms with Crippen molar-refractivity contribution in [3.8, 4) is 0 Å². The van der Waals surface area contributed by atoms with Crippen molar-refractivity contribution < 1.29 is 8.02 Å². The lowest BCUT2D eigenvalue weighted by Crippen LogP contribution is -2.44. The van der Waals surface area contributed by atoms with Crippen molar-refractivity contribution >= 4 is 59.8 Å². The highest BCUT2D eigenvalue weighted by atomic mass is 31.1. The molecule has 4 aromatic rings. The van der Waals surface area contributed by atoms with Gasteiger partial charge in [0.1, 0.15) is 0 Å². The second-order valence-corrected chi connectivity index (χ2v) is 25.5. The number of hydrogen-bond acceptors (Lipinski definition) is 0. The van der Waals surface area contributed by atoms with E-state index in [-0.39, 0.29) is 0 Å². The van der Waals surface area contributed by atoms with E-state index in [1.54, 1.807) is 0 Å². The second-order valence-electron chi connectivity index (χ2n) is 11.0. The van der Waals surface area contributed by atoms with E-state index in [0.717, 1.165) is 0 Å². The van der Waals surface area contributed by atoms with E-state index in [2.05, 4.69) is 175 Å². The lowest BCUT2D eigenvalue weighted by molar-refractivity contribution is -0.276. The molecule has 0 saturated carbocycles. The number of nitrogens with zero attached hydrogens (tertiary/aromatic N) is 2. The summed E-state index contributed by atoms with van der Waals surface area (Å²) < 4.78 is 5.35. The molecular formula is C31H38N2P2Si2+2. The highest BCUT2D eigenvalue weighted by Gasteiger charge is 2.45. The molecule has 0 spiro atoms. The van der Waals surface area contributed by atoms with Gasteiger partial charge in [-0.1, -0.05) is 72.8 Å². The van der Waals surface area contributed by atoms with Gasteiger partial charge >= 0.3 is 22.5 Å². The Bertz CT molecular complexity index is 1180. The Morgan fingerprint density at radius 3 is 0.811 bits per heavy atom. The predicted molar refractivity (Wildman–Crippen MR) is 170 cm³/mol. The first-order chi connectivity index (χ1) is 17.7. The van der Waals surface area contributed by atoms with E-state index >= 15 is 0 Å². The average Bonchev–Trinajstić information content (AvgIpc) is 2.89. The van der Waals surface area contributed by atoms with Crippen molar-refractivity contribution in [3.63, 3.8) is 0 Å². The van der Waals surface area contributed by atoms with Crippen LogP contribution in [0.1, 0.15) is 0 Å². The molecule has 6 heteroatoms.